The summed E-state index contributed by atoms with van der Waals surface area (Å²) >= 11 is 0. The second-order valence-corrected chi connectivity index (χ2v) is 14.6. The van der Waals surface area contributed by atoms with Gasteiger partial charge >= 0.3 is 0 Å². The first-order chi connectivity index (χ1) is 20.0. The Hall–Kier alpha value is -0.350. The van der Waals surface area contributed by atoms with E-state index >= 15 is 0 Å². The first-order valence-corrected chi connectivity index (χ1v) is 19.2. The summed E-state index contributed by atoms with van der Waals surface area (Å²) in [6.45, 7) is 3.86. The van der Waals surface area contributed by atoms with Crippen molar-refractivity contribution in [2.45, 2.75) is 206 Å². The summed E-state index contributed by atoms with van der Waals surface area (Å²) in [7, 11) is -2.00. The zero-order valence-corrected chi connectivity index (χ0v) is 28.2. The van der Waals surface area contributed by atoms with Crippen molar-refractivity contribution >= 4 is 19.0 Å². The van der Waals surface area contributed by atoms with Gasteiger partial charge < -0.3 is 15.3 Å². The highest BCUT2D eigenvalue weighted by atomic mass is 31.1. The fraction of sp³-hybridized carbons (Fsp3) is 0.943. The van der Waals surface area contributed by atoms with Crippen LogP contribution in [-0.2, 0) is 9.59 Å². The monoisotopic (exact) mass is 600 g/mol. The average Bonchev–Trinajstić information content (AvgIpc) is 2.97. The molecule has 2 unspecified atom stereocenters. The molecule has 0 aliphatic carbocycles. The standard InChI is InChI=1S/C35H69O5P/c1-3-5-7-9-11-13-15-17-19-21-23-25-27-29-33(38)41(35(40)32(37)31-36)34(39)30-28-26-24-22-20-18-16-14-12-10-8-6-4-2/h32,35-37,40H,3-31H2,1-2H3. The van der Waals surface area contributed by atoms with Crippen molar-refractivity contribution in [1.29, 1.82) is 0 Å². The molecule has 0 aromatic rings. The molecule has 0 radical (unpaired) electrons. The number of rotatable bonds is 33. The Bertz CT molecular complexity index is 543. The van der Waals surface area contributed by atoms with E-state index in [1.807, 2.05) is 0 Å². The van der Waals surface area contributed by atoms with Crippen LogP contribution >= 0.6 is 7.92 Å². The van der Waals surface area contributed by atoms with Crippen LogP contribution in [0.4, 0.5) is 0 Å². The summed E-state index contributed by atoms with van der Waals surface area (Å²) in [4.78, 5) is 25.9. The molecule has 0 bridgehead atoms. The third kappa shape index (κ3) is 24.8. The number of hydrogen-bond donors (Lipinski definition) is 3. The van der Waals surface area contributed by atoms with Crippen molar-refractivity contribution in [1.82, 2.24) is 0 Å². The summed E-state index contributed by atoms with van der Waals surface area (Å²) in [6.07, 6.45) is 31.0. The van der Waals surface area contributed by atoms with Crippen molar-refractivity contribution in [2.75, 3.05) is 6.61 Å². The molecule has 5 nitrogen and oxygen atoms in total. The van der Waals surface area contributed by atoms with Gasteiger partial charge in [-0.2, -0.15) is 0 Å². The van der Waals surface area contributed by atoms with Crippen LogP contribution in [0, 0.1) is 0 Å². The second-order valence-electron chi connectivity index (χ2n) is 12.3. The van der Waals surface area contributed by atoms with Gasteiger partial charge in [-0.05, 0) is 12.8 Å². The van der Waals surface area contributed by atoms with Gasteiger partial charge in [-0.1, -0.05) is 168 Å². The van der Waals surface area contributed by atoms with Gasteiger partial charge in [0.05, 0.1) is 14.5 Å². The normalized spacial score (nSPS) is 13.1. The highest BCUT2D eigenvalue weighted by molar-refractivity contribution is 7.89. The van der Waals surface area contributed by atoms with E-state index in [-0.39, 0.29) is 23.9 Å². The van der Waals surface area contributed by atoms with E-state index in [9.17, 15) is 24.9 Å². The Balaban J connectivity index is 4.06. The lowest BCUT2D eigenvalue weighted by Gasteiger charge is -2.24. The van der Waals surface area contributed by atoms with Crippen LogP contribution in [0.3, 0.4) is 0 Å². The molecule has 0 aromatic carbocycles. The summed E-state index contributed by atoms with van der Waals surface area (Å²) in [5, 5.41) is 29.8. The molecule has 0 spiro atoms. The minimum Gasteiger partial charge on any atom is -0.394 e. The van der Waals surface area contributed by atoms with Gasteiger partial charge in [0.25, 0.3) is 0 Å². The highest BCUT2D eigenvalue weighted by Gasteiger charge is 2.36. The molecular formula is C35H69O5P. The number of aliphatic hydroxyl groups excluding tert-OH is 3. The molecular weight excluding hydrogens is 531 g/mol. The van der Waals surface area contributed by atoms with Crippen LogP contribution in [0.1, 0.15) is 194 Å². The van der Waals surface area contributed by atoms with Crippen molar-refractivity contribution < 1.29 is 24.9 Å². The first-order valence-electron chi connectivity index (χ1n) is 17.8. The maximum Gasteiger partial charge on any atom is 0.164 e. The lowest BCUT2D eigenvalue weighted by atomic mass is 10.0. The molecule has 2 atom stereocenters. The molecule has 0 aliphatic rings. The molecule has 0 saturated carbocycles. The van der Waals surface area contributed by atoms with Gasteiger partial charge in [0.2, 0.25) is 0 Å². The largest absolute Gasteiger partial charge is 0.394 e. The number of aliphatic hydroxyl groups is 3. The van der Waals surface area contributed by atoms with Crippen LogP contribution in [0.25, 0.3) is 0 Å². The summed E-state index contributed by atoms with van der Waals surface area (Å²) in [5.74, 6) is -1.46. The molecule has 3 N–H and O–H groups in total. The van der Waals surface area contributed by atoms with Crippen molar-refractivity contribution in [3.05, 3.63) is 0 Å². The summed E-state index contributed by atoms with van der Waals surface area (Å²) < 4.78 is 0. The molecule has 0 amide bonds. The molecule has 0 saturated heterocycles. The van der Waals surface area contributed by atoms with Crippen molar-refractivity contribution in [3.63, 3.8) is 0 Å². The van der Waals surface area contributed by atoms with E-state index < -0.39 is 26.5 Å². The fourth-order valence-corrected chi connectivity index (χ4v) is 7.63. The predicted octanol–water partition coefficient (Wildman–Crippen LogP) is 10.2. The number of carbonyl (C=O) groups is 2. The minimum atomic E-state index is -2.00. The Kier molecular flexibility index (Phi) is 30.8. The third-order valence-electron chi connectivity index (χ3n) is 8.32. The second kappa shape index (κ2) is 31.1. The number of carbonyl (C=O) groups excluding carboxylic acids is 2. The molecule has 244 valence electrons. The first kappa shape index (κ1) is 40.6. The van der Waals surface area contributed by atoms with Crippen molar-refractivity contribution in [3.8, 4) is 0 Å². The lowest BCUT2D eigenvalue weighted by Crippen LogP contribution is -2.31. The van der Waals surface area contributed by atoms with E-state index in [1.54, 1.807) is 0 Å². The molecule has 6 heteroatoms. The Morgan fingerprint density at radius 3 is 0.951 bits per heavy atom. The molecule has 0 aliphatic heterocycles. The van der Waals surface area contributed by atoms with Gasteiger partial charge in [-0.3, -0.25) is 9.59 Å². The zero-order chi connectivity index (χ0) is 30.4. The zero-order valence-electron chi connectivity index (χ0n) is 27.3. The van der Waals surface area contributed by atoms with Crippen molar-refractivity contribution in [2.24, 2.45) is 0 Å². The fourth-order valence-electron chi connectivity index (χ4n) is 5.53. The van der Waals surface area contributed by atoms with Gasteiger partial charge in [-0.15, -0.1) is 0 Å². The van der Waals surface area contributed by atoms with E-state index in [0.29, 0.717) is 0 Å². The average molecular weight is 601 g/mol. The minimum absolute atomic E-state index is 0.220. The number of hydrogen-bond acceptors (Lipinski definition) is 5. The van der Waals surface area contributed by atoms with Gasteiger partial charge in [-0.25, -0.2) is 0 Å². The maximum atomic E-state index is 12.9. The van der Waals surface area contributed by atoms with Crippen LogP contribution in [0.15, 0.2) is 0 Å². The molecule has 0 rings (SSSR count). The van der Waals surface area contributed by atoms with Crippen LogP contribution < -0.4 is 0 Å². The predicted molar refractivity (Wildman–Crippen MR) is 177 cm³/mol. The quantitative estimate of drug-likeness (QED) is 0.0514. The SMILES string of the molecule is CCCCCCCCCCCCCCCC(=O)P(C(=O)CCCCCCCCCCCCCCC)C(O)C(O)CO. The van der Waals surface area contributed by atoms with Gasteiger partial charge in [0.15, 0.2) is 11.0 Å². The Labute approximate surface area is 255 Å². The summed E-state index contributed by atoms with van der Waals surface area (Å²) in [6, 6.07) is 0. The topological polar surface area (TPSA) is 94.8 Å². The van der Waals surface area contributed by atoms with Crippen LogP contribution in [-0.4, -0.2) is 44.9 Å². The molecule has 0 fully saturated rings. The lowest BCUT2D eigenvalue weighted by molar-refractivity contribution is -0.115. The van der Waals surface area contributed by atoms with E-state index in [1.165, 1.54) is 128 Å². The maximum absolute atomic E-state index is 12.9. The Morgan fingerprint density at radius 1 is 0.463 bits per heavy atom. The Morgan fingerprint density at radius 2 is 0.707 bits per heavy atom. The van der Waals surface area contributed by atoms with Gasteiger partial charge in [0.1, 0.15) is 11.9 Å². The van der Waals surface area contributed by atoms with E-state index in [2.05, 4.69) is 13.8 Å². The highest BCUT2D eigenvalue weighted by Crippen LogP contribution is 2.46. The van der Waals surface area contributed by atoms with E-state index in [4.69, 9.17) is 0 Å². The molecule has 41 heavy (non-hydrogen) atoms. The third-order valence-corrected chi connectivity index (χ3v) is 10.7. The molecule has 0 aromatic heterocycles. The number of unbranched alkanes of at least 4 members (excludes halogenated alkanes) is 24. The van der Waals surface area contributed by atoms with Crippen LogP contribution in [0.5, 0.6) is 0 Å². The van der Waals surface area contributed by atoms with E-state index in [0.717, 1.165) is 38.5 Å². The smallest absolute Gasteiger partial charge is 0.164 e. The van der Waals surface area contributed by atoms with Gasteiger partial charge in [0, 0.05) is 12.8 Å². The molecule has 0 heterocycles. The summed E-state index contributed by atoms with van der Waals surface area (Å²) in [5.41, 5.74) is -0.439. The van der Waals surface area contributed by atoms with Crippen LogP contribution in [0.2, 0.25) is 0 Å².